The van der Waals surface area contributed by atoms with Crippen molar-refractivity contribution in [3.05, 3.63) is 175 Å². The number of fused-ring (bicyclic) bond motifs is 6. The number of thiophene rings is 1. The lowest BCUT2D eigenvalue weighted by atomic mass is 9.84. The average molecular weight is 659 g/mol. The van der Waals surface area contributed by atoms with Crippen molar-refractivity contribution in [1.82, 2.24) is 9.97 Å². The predicted octanol–water partition coefficient (Wildman–Crippen LogP) is 12.9. The lowest BCUT2D eigenvalue weighted by Crippen LogP contribution is -2.05. The van der Waals surface area contributed by atoms with Crippen molar-refractivity contribution in [3.63, 3.8) is 0 Å². The van der Waals surface area contributed by atoms with Gasteiger partial charge in [-0.2, -0.15) is 0 Å². The van der Waals surface area contributed by atoms with E-state index in [1.807, 2.05) is 41.9 Å². The second-order valence-corrected chi connectivity index (χ2v) is 14.0. The van der Waals surface area contributed by atoms with E-state index in [9.17, 15) is 0 Å². The molecular formula is C46H30N2OS. The summed E-state index contributed by atoms with van der Waals surface area (Å²) in [5, 5.41) is 4.81. The van der Waals surface area contributed by atoms with E-state index in [1.54, 1.807) is 0 Å². The van der Waals surface area contributed by atoms with Crippen LogP contribution in [0.3, 0.4) is 0 Å². The third-order valence-electron chi connectivity index (χ3n) is 9.99. The molecule has 1 unspecified atom stereocenters. The van der Waals surface area contributed by atoms with Gasteiger partial charge in [-0.3, -0.25) is 9.97 Å². The number of allylic oxidation sites excluding steroid dienone is 4. The number of aromatic nitrogens is 2. The fourth-order valence-electron chi connectivity index (χ4n) is 7.53. The van der Waals surface area contributed by atoms with Crippen LogP contribution in [0.15, 0.2) is 168 Å². The summed E-state index contributed by atoms with van der Waals surface area (Å²) in [6.07, 6.45) is 11.4. The van der Waals surface area contributed by atoms with Crippen LogP contribution in [0, 0.1) is 0 Å². The van der Waals surface area contributed by atoms with E-state index in [0.717, 1.165) is 56.4 Å². The Hall–Kier alpha value is -6.10. The molecule has 0 bridgehead atoms. The number of pyridine rings is 2. The van der Waals surface area contributed by atoms with Crippen LogP contribution in [0.25, 0.3) is 81.2 Å². The maximum atomic E-state index is 6.35. The van der Waals surface area contributed by atoms with Crippen molar-refractivity contribution >= 4 is 59.0 Å². The molecule has 0 spiro atoms. The molecule has 9 aromatic rings. The van der Waals surface area contributed by atoms with Gasteiger partial charge in [0.05, 0.1) is 5.69 Å². The molecule has 1 atom stereocenters. The monoisotopic (exact) mass is 658 g/mol. The van der Waals surface area contributed by atoms with Gasteiger partial charge in [0.15, 0.2) is 0 Å². The van der Waals surface area contributed by atoms with Crippen LogP contribution in [0.2, 0.25) is 0 Å². The van der Waals surface area contributed by atoms with Crippen molar-refractivity contribution < 1.29 is 4.42 Å². The first-order valence-corrected chi connectivity index (χ1v) is 17.8. The molecule has 5 aromatic carbocycles. The zero-order valence-electron chi connectivity index (χ0n) is 27.1. The maximum absolute atomic E-state index is 6.35. The highest BCUT2D eigenvalue weighted by Crippen LogP contribution is 2.43. The molecule has 10 rings (SSSR count). The SMILES string of the molecule is C1=CCC(c2ccccn2)C(c2ccc3sc4ccc(-c5ccc6oc7ccc(-c8ccccc8-c8ccccn8)cc7c6c5)cc4c3c2)=C1. The van der Waals surface area contributed by atoms with Crippen molar-refractivity contribution in [2.24, 2.45) is 0 Å². The topological polar surface area (TPSA) is 38.9 Å². The van der Waals surface area contributed by atoms with Crippen LogP contribution in [-0.2, 0) is 0 Å². The summed E-state index contributed by atoms with van der Waals surface area (Å²) < 4.78 is 8.95. The van der Waals surface area contributed by atoms with E-state index in [1.165, 1.54) is 42.4 Å². The maximum Gasteiger partial charge on any atom is 0.135 e. The second-order valence-electron chi connectivity index (χ2n) is 12.9. The Morgan fingerprint density at radius 3 is 1.90 bits per heavy atom. The average Bonchev–Trinajstić information content (AvgIpc) is 3.75. The zero-order chi connectivity index (χ0) is 33.0. The molecule has 3 nitrogen and oxygen atoms in total. The van der Waals surface area contributed by atoms with Crippen molar-refractivity contribution in [3.8, 4) is 33.5 Å². The van der Waals surface area contributed by atoms with Crippen LogP contribution < -0.4 is 0 Å². The highest BCUT2D eigenvalue weighted by molar-refractivity contribution is 7.25. The molecule has 4 aromatic heterocycles. The lowest BCUT2D eigenvalue weighted by Gasteiger charge is -2.21. The Labute approximate surface area is 293 Å². The van der Waals surface area contributed by atoms with Gasteiger partial charge >= 0.3 is 0 Å². The van der Waals surface area contributed by atoms with Gasteiger partial charge in [0.2, 0.25) is 0 Å². The van der Waals surface area contributed by atoms with E-state index in [2.05, 4.69) is 138 Å². The number of nitrogens with zero attached hydrogens (tertiary/aromatic N) is 2. The Morgan fingerprint density at radius 2 is 1.16 bits per heavy atom. The Kier molecular flexibility index (Phi) is 6.81. The molecule has 0 aliphatic heterocycles. The largest absolute Gasteiger partial charge is 0.456 e. The van der Waals surface area contributed by atoms with Crippen LogP contribution in [-0.4, -0.2) is 9.97 Å². The van der Waals surface area contributed by atoms with Gasteiger partial charge in [-0.1, -0.05) is 78.9 Å². The Bertz CT molecular complexity index is 2790. The van der Waals surface area contributed by atoms with Crippen molar-refractivity contribution in [2.45, 2.75) is 12.3 Å². The molecule has 0 N–H and O–H groups in total. The summed E-state index contributed by atoms with van der Waals surface area (Å²) in [4.78, 5) is 9.35. The predicted molar refractivity (Wildman–Crippen MR) is 209 cm³/mol. The first-order chi connectivity index (χ1) is 24.8. The Balaban J connectivity index is 1.06. The fraction of sp³-hybridized carbons (Fsp3) is 0.0435. The summed E-state index contributed by atoms with van der Waals surface area (Å²) in [6.45, 7) is 0. The van der Waals surface area contributed by atoms with Gasteiger partial charge in [-0.25, -0.2) is 0 Å². The summed E-state index contributed by atoms with van der Waals surface area (Å²) >= 11 is 1.86. The summed E-state index contributed by atoms with van der Waals surface area (Å²) in [6, 6.07) is 47.7. The molecule has 4 heterocycles. The molecule has 50 heavy (non-hydrogen) atoms. The minimum Gasteiger partial charge on any atom is -0.456 e. The van der Waals surface area contributed by atoms with Gasteiger partial charge in [-0.15, -0.1) is 11.3 Å². The Morgan fingerprint density at radius 1 is 0.540 bits per heavy atom. The molecule has 0 radical (unpaired) electrons. The molecule has 0 fully saturated rings. The van der Waals surface area contributed by atoms with E-state index in [0.29, 0.717) is 0 Å². The quantitative estimate of drug-likeness (QED) is 0.185. The first-order valence-electron chi connectivity index (χ1n) is 17.0. The fourth-order valence-corrected chi connectivity index (χ4v) is 8.60. The van der Waals surface area contributed by atoms with E-state index >= 15 is 0 Å². The molecule has 0 saturated heterocycles. The minimum atomic E-state index is 0.250. The molecule has 0 saturated carbocycles. The lowest BCUT2D eigenvalue weighted by molar-refractivity contribution is 0.669. The number of rotatable bonds is 5. The summed E-state index contributed by atoms with van der Waals surface area (Å²) in [5.74, 6) is 0.250. The first kappa shape index (κ1) is 28.9. The van der Waals surface area contributed by atoms with Gasteiger partial charge in [0, 0.05) is 60.5 Å². The molecule has 1 aliphatic carbocycles. The van der Waals surface area contributed by atoms with Crippen LogP contribution in [0.5, 0.6) is 0 Å². The summed E-state index contributed by atoms with van der Waals surface area (Å²) in [7, 11) is 0. The molecule has 0 amide bonds. The van der Waals surface area contributed by atoms with Crippen LogP contribution >= 0.6 is 11.3 Å². The minimum absolute atomic E-state index is 0.250. The highest BCUT2D eigenvalue weighted by atomic mass is 32.1. The van der Waals surface area contributed by atoms with Gasteiger partial charge in [0.25, 0.3) is 0 Å². The molecule has 236 valence electrons. The smallest absolute Gasteiger partial charge is 0.135 e. The summed E-state index contributed by atoms with van der Waals surface area (Å²) in [5.41, 5.74) is 12.2. The van der Waals surface area contributed by atoms with Gasteiger partial charge in [0.1, 0.15) is 11.2 Å². The van der Waals surface area contributed by atoms with Crippen molar-refractivity contribution in [1.29, 1.82) is 0 Å². The number of furan rings is 1. The van der Waals surface area contributed by atoms with Crippen LogP contribution in [0.1, 0.15) is 23.6 Å². The molecule has 1 aliphatic rings. The van der Waals surface area contributed by atoms with Gasteiger partial charge in [-0.05, 0) is 113 Å². The zero-order valence-corrected chi connectivity index (χ0v) is 27.9. The number of benzene rings is 5. The standard InChI is InChI=1S/C46H30N2OS/c1-3-11-35(41-13-5-7-23-47-41)33(9-1)31-16-20-44-38(27-31)37-25-29(15-19-43(37)49-44)30-17-21-45-39(26-30)40-28-32(18-22-46(40)50-45)34-10-2-4-12-36(34)42-14-6-8-24-48-42/h1-11,13-28,36H,12H2. The van der Waals surface area contributed by atoms with E-state index in [4.69, 9.17) is 9.40 Å². The molecule has 4 heteroatoms. The normalized spacial score (nSPS) is 14.6. The van der Waals surface area contributed by atoms with E-state index in [-0.39, 0.29) is 5.92 Å². The van der Waals surface area contributed by atoms with Crippen LogP contribution in [0.4, 0.5) is 0 Å². The van der Waals surface area contributed by atoms with Crippen molar-refractivity contribution in [2.75, 3.05) is 0 Å². The highest BCUT2D eigenvalue weighted by Gasteiger charge is 2.21. The molecular weight excluding hydrogens is 629 g/mol. The third-order valence-corrected chi connectivity index (χ3v) is 11.1. The van der Waals surface area contributed by atoms with E-state index < -0.39 is 0 Å². The van der Waals surface area contributed by atoms with Gasteiger partial charge < -0.3 is 4.42 Å². The number of hydrogen-bond donors (Lipinski definition) is 0. The third kappa shape index (κ3) is 4.88. The second kappa shape index (κ2) is 11.8. The number of hydrogen-bond acceptors (Lipinski definition) is 4.